The van der Waals surface area contributed by atoms with Crippen molar-refractivity contribution < 1.29 is 14.3 Å². The number of nitrogens with one attached hydrogen (secondary N) is 1. The second kappa shape index (κ2) is 7.51. The SMILES string of the molecule is COc1ccc(N2CC(NC(=O)c3ccc(-n4cnnc4)cc3)CC2=O)cc1. The summed E-state index contributed by atoms with van der Waals surface area (Å²) in [5.41, 5.74) is 2.19. The number of hydrogen-bond donors (Lipinski definition) is 1. The molecule has 1 unspecified atom stereocenters. The number of hydrogen-bond acceptors (Lipinski definition) is 5. The summed E-state index contributed by atoms with van der Waals surface area (Å²) in [6.45, 7) is 0.440. The quantitative estimate of drug-likeness (QED) is 0.733. The minimum Gasteiger partial charge on any atom is -0.497 e. The van der Waals surface area contributed by atoms with Crippen molar-refractivity contribution in [3.8, 4) is 11.4 Å². The molecule has 0 radical (unpaired) electrons. The smallest absolute Gasteiger partial charge is 0.251 e. The summed E-state index contributed by atoms with van der Waals surface area (Å²) in [7, 11) is 1.60. The highest BCUT2D eigenvalue weighted by molar-refractivity contribution is 5.99. The maximum Gasteiger partial charge on any atom is 0.251 e. The van der Waals surface area contributed by atoms with Gasteiger partial charge >= 0.3 is 0 Å². The van der Waals surface area contributed by atoms with E-state index in [1.807, 2.05) is 36.4 Å². The van der Waals surface area contributed by atoms with Gasteiger partial charge in [0.1, 0.15) is 18.4 Å². The molecule has 28 heavy (non-hydrogen) atoms. The molecule has 0 aliphatic carbocycles. The zero-order valence-corrected chi connectivity index (χ0v) is 15.3. The molecule has 3 aromatic rings. The van der Waals surface area contributed by atoms with Crippen LogP contribution in [-0.4, -0.2) is 46.3 Å². The molecular weight excluding hydrogens is 358 g/mol. The molecule has 1 atom stereocenters. The monoisotopic (exact) mass is 377 g/mol. The van der Waals surface area contributed by atoms with Crippen LogP contribution in [0.2, 0.25) is 0 Å². The molecule has 142 valence electrons. The van der Waals surface area contributed by atoms with Gasteiger partial charge in [-0.15, -0.1) is 10.2 Å². The summed E-state index contributed by atoms with van der Waals surface area (Å²) in [6, 6.07) is 14.2. The van der Waals surface area contributed by atoms with Gasteiger partial charge in [-0.1, -0.05) is 0 Å². The van der Waals surface area contributed by atoms with E-state index in [1.54, 1.807) is 41.4 Å². The summed E-state index contributed by atoms with van der Waals surface area (Å²) in [5.74, 6) is 0.512. The molecule has 4 rings (SSSR count). The van der Waals surface area contributed by atoms with Crippen molar-refractivity contribution in [3.05, 3.63) is 66.7 Å². The van der Waals surface area contributed by atoms with Gasteiger partial charge in [0.05, 0.1) is 13.2 Å². The molecule has 1 aromatic heterocycles. The number of rotatable bonds is 5. The zero-order valence-electron chi connectivity index (χ0n) is 15.3. The Bertz CT molecular complexity index is 968. The number of carbonyl (C=O) groups excluding carboxylic acids is 2. The zero-order chi connectivity index (χ0) is 19.5. The molecule has 8 nitrogen and oxygen atoms in total. The Hall–Kier alpha value is -3.68. The average Bonchev–Trinajstić information content (AvgIpc) is 3.38. The summed E-state index contributed by atoms with van der Waals surface area (Å²) in [5, 5.41) is 10.5. The first-order valence-electron chi connectivity index (χ1n) is 8.84. The van der Waals surface area contributed by atoms with Crippen molar-refractivity contribution >= 4 is 17.5 Å². The Labute approximate surface area is 161 Å². The predicted octanol–water partition coefficient (Wildman–Crippen LogP) is 1.81. The third kappa shape index (κ3) is 3.57. The Kier molecular flexibility index (Phi) is 4.76. The third-order valence-electron chi connectivity index (χ3n) is 4.69. The van der Waals surface area contributed by atoms with Crippen LogP contribution in [0.3, 0.4) is 0 Å². The molecule has 0 saturated carbocycles. The van der Waals surface area contributed by atoms with E-state index in [0.29, 0.717) is 12.1 Å². The first kappa shape index (κ1) is 17.7. The molecule has 8 heteroatoms. The molecule has 1 aliphatic heterocycles. The first-order valence-corrected chi connectivity index (χ1v) is 8.84. The molecule has 1 fully saturated rings. The highest BCUT2D eigenvalue weighted by Gasteiger charge is 2.31. The van der Waals surface area contributed by atoms with Crippen LogP contribution in [0, 0.1) is 0 Å². The van der Waals surface area contributed by atoms with Crippen LogP contribution in [0.15, 0.2) is 61.2 Å². The summed E-state index contributed by atoms with van der Waals surface area (Å²) in [6.07, 6.45) is 3.45. The summed E-state index contributed by atoms with van der Waals surface area (Å²) >= 11 is 0. The molecule has 1 saturated heterocycles. The number of methoxy groups -OCH3 is 1. The molecule has 1 aliphatic rings. The summed E-state index contributed by atoms with van der Waals surface area (Å²) in [4.78, 5) is 26.6. The minimum absolute atomic E-state index is 0.0153. The number of nitrogens with zero attached hydrogens (tertiary/aromatic N) is 4. The summed E-state index contributed by atoms with van der Waals surface area (Å²) < 4.78 is 6.90. The highest BCUT2D eigenvalue weighted by Crippen LogP contribution is 2.24. The second-order valence-electron chi connectivity index (χ2n) is 6.49. The third-order valence-corrected chi connectivity index (χ3v) is 4.69. The number of carbonyl (C=O) groups is 2. The van der Waals surface area contributed by atoms with Crippen molar-refractivity contribution in [2.45, 2.75) is 12.5 Å². The number of benzene rings is 2. The molecule has 0 spiro atoms. The van der Waals surface area contributed by atoms with Crippen molar-refractivity contribution in [1.82, 2.24) is 20.1 Å². The van der Waals surface area contributed by atoms with E-state index in [2.05, 4.69) is 15.5 Å². The lowest BCUT2D eigenvalue weighted by molar-refractivity contribution is -0.117. The largest absolute Gasteiger partial charge is 0.497 e. The van der Waals surface area contributed by atoms with E-state index in [4.69, 9.17) is 4.74 Å². The number of amides is 2. The maximum absolute atomic E-state index is 12.5. The van der Waals surface area contributed by atoms with Crippen LogP contribution in [0.25, 0.3) is 5.69 Å². The van der Waals surface area contributed by atoms with Gasteiger partial charge < -0.3 is 15.0 Å². The van der Waals surface area contributed by atoms with Crippen molar-refractivity contribution in [2.75, 3.05) is 18.6 Å². The predicted molar refractivity (Wildman–Crippen MR) is 103 cm³/mol. The molecule has 2 heterocycles. The van der Waals surface area contributed by atoms with Gasteiger partial charge in [0.2, 0.25) is 5.91 Å². The van der Waals surface area contributed by atoms with Crippen LogP contribution < -0.4 is 15.0 Å². The fourth-order valence-electron chi connectivity index (χ4n) is 3.20. The van der Waals surface area contributed by atoms with Gasteiger partial charge in [-0.2, -0.15) is 0 Å². The van der Waals surface area contributed by atoms with Crippen LogP contribution in [0.1, 0.15) is 16.8 Å². The molecule has 1 N–H and O–H groups in total. The van der Waals surface area contributed by atoms with Crippen LogP contribution in [-0.2, 0) is 4.79 Å². The van der Waals surface area contributed by atoms with Crippen molar-refractivity contribution in [3.63, 3.8) is 0 Å². The fourth-order valence-corrected chi connectivity index (χ4v) is 3.20. The highest BCUT2D eigenvalue weighted by atomic mass is 16.5. The van der Waals surface area contributed by atoms with Crippen molar-refractivity contribution in [2.24, 2.45) is 0 Å². The van der Waals surface area contributed by atoms with Crippen LogP contribution in [0.4, 0.5) is 5.69 Å². The Balaban J connectivity index is 1.40. The van der Waals surface area contributed by atoms with Crippen molar-refractivity contribution in [1.29, 1.82) is 0 Å². The van der Waals surface area contributed by atoms with Gasteiger partial charge in [-0.3, -0.25) is 14.2 Å². The van der Waals surface area contributed by atoms with E-state index in [0.717, 1.165) is 17.1 Å². The lowest BCUT2D eigenvalue weighted by Crippen LogP contribution is -2.37. The lowest BCUT2D eigenvalue weighted by Gasteiger charge is -2.17. The molecule has 0 bridgehead atoms. The fraction of sp³-hybridized carbons (Fsp3) is 0.200. The maximum atomic E-state index is 12.5. The molecule has 2 amide bonds. The average molecular weight is 377 g/mol. The Morgan fingerprint density at radius 3 is 2.32 bits per heavy atom. The van der Waals surface area contributed by atoms with Crippen LogP contribution in [0.5, 0.6) is 5.75 Å². The van der Waals surface area contributed by atoms with E-state index >= 15 is 0 Å². The number of anilines is 1. The standard InChI is InChI=1S/C20H19N5O3/c1-28-18-8-6-17(7-9-18)25-11-15(10-19(25)26)23-20(27)14-2-4-16(5-3-14)24-12-21-22-13-24/h2-9,12-13,15H,10-11H2,1H3,(H,23,27). The number of aromatic nitrogens is 3. The first-order chi connectivity index (χ1) is 13.6. The van der Waals surface area contributed by atoms with Gasteiger partial charge in [-0.05, 0) is 48.5 Å². The van der Waals surface area contributed by atoms with E-state index in [-0.39, 0.29) is 24.3 Å². The van der Waals surface area contributed by atoms with Gasteiger partial charge in [0.15, 0.2) is 0 Å². The lowest BCUT2D eigenvalue weighted by atomic mass is 10.1. The normalized spacial score (nSPS) is 16.2. The second-order valence-corrected chi connectivity index (χ2v) is 6.49. The minimum atomic E-state index is -0.236. The van der Waals surface area contributed by atoms with E-state index in [1.165, 1.54) is 0 Å². The molecule has 2 aromatic carbocycles. The Morgan fingerprint density at radius 1 is 1.04 bits per heavy atom. The Morgan fingerprint density at radius 2 is 1.68 bits per heavy atom. The van der Waals surface area contributed by atoms with Crippen LogP contribution >= 0.6 is 0 Å². The van der Waals surface area contributed by atoms with E-state index in [9.17, 15) is 9.59 Å². The number of ether oxygens (including phenoxy) is 1. The van der Waals surface area contributed by atoms with Gasteiger partial charge in [-0.25, -0.2) is 0 Å². The van der Waals surface area contributed by atoms with Gasteiger partial charge in [0, 0.05) is 29.9 Å². The molecular formula is C20H19N5O3. The van der Waals surface area contributed by atoms with E-state index < -0.39 is 0 Å². The topological polar surface area (TPSA) is 89.3 Å². The van der Waals surface area contributed by atoms with Gasteiger partial charge in [0.25, 0.3) is 5.91 Å².